The van der Waals surface area contributed by atoms with Crippen molar-refractivity contribution in [3.05, 3.63) is 23.8 Å². The first-order valence-corrected chi connectivity index (χ1v) is 6.37. The maximum absolute atomic E-state index is 9.43. The Bertz CT molecular complexity index is 284. The lowest BCUT2D eigenvalue weighted by Crippen LogP contribution is -2.28. The van der Waals surface area contributed by atoms with Crippen molar-refractivity contribution in [2.24, 2.45) is 11.3 Å². The lowest BCUT2D eigenvalue weighted by Gasteiger charge is -2.39. The topological polar surface area (TPSA) is 20.2 Å². The summed E-state index contributed by atoms with van der Waals surface area (Å²) in [5, 5.41) is 9.43. The number of allylic oxidation sites excluding steroid dienone is 2. The minimum absolute atomic E-state index is 0.365. The highest BCUT2D eigenvalue weighted by atomic mass is 16.3. The monoisotopic (exact) mass is 222 g/mol. The van der Waals surface area contributed by atoms with Crippen LogP contribution in [0.3, 0.4) is 0 Å². The molecule has 0 spiro atoms. The Balaban J connectivity index is 2.60. The van der Waals surface area contributed by atoms with E-state index >= 15 is 0 Å². The third-order valence-electron chi connectivity index (χ3n) is 4.09. The minimum Gasteiger partial charge on any atom is -0.389 e. The molecule has 1 nitrogen and oxygen atoms in total. The highest BCUT2D eigenvalue weighted by molar-refractivity contribution is 5.13. The van der Waals surface area contributed by atoms with Crippen LogP contribution in [0.15, 0.2) is 23.8 Å². The molecule has 1 rings (SSSR count). The maximum atomic E-state index is 9.43. The van der Waals surface area contributed by atoms with Crippen LogP contribution in [0.4, 0.5) is 0 Å². The van der Waals surface area contributed by atoms with Crippen molar-refractivity contribution >= 4 is 0 Å². The molecule has 16 heavy (non-hydrogen) atoms. The van der Waals surface area contributed by atoms with Crippen molar-refractivity contribution < 1.29 is 5.11 Å². The smallest absolute Gasteiger partial charge is 0.0719 e. The van der Waals surface area contributed by atoms with Crippen molar-refractivity contribution in [1.29, 1.82) is 0 Å². The van der Waals surface area contributed by atoms with E-state index < -0.39 is 0 Å². The summed E-state index contributed by atoms with van der Waals surface area (Å²) in [4.78, 5) is 0. The van der Waals surface area contributed by atoms with E-state index in [1.165, 1.54) is 18.4 Å². The van der Waals surface area contributed by atoms with Gasteiger partial charge in [-0.05, 0) is 56.4 Å². The van der Waals surface area contributed by atoms with Crippen LogP contribution in [-0.2, 0) is 0 Å². The summed E-state index contributed by atoms with van der Waals surface area (Å²) in [7, 11) is 0. The van der Waals surface area contributed by atoms with Gasteiger partial charge in [0.1, 0.15) is 0 Å². The molecule has 0 heterocycles. The van der Waals surface area contributed by atoms with Crippen LogP contribution in [0.25, 0.3) is 0 Å². The highest BCUT2D eigenvalue weighted by Crippen LogP contribution is 2.43. The molecule has 0 saturated carbocycles. The van der Waals surface area contributed by atoms with Gasteiger partial charge >= 0.3 is 0 Å². The molecule has 0 saturated heterocycles. The van der Waals surface area contributed by atoms with Crippen molar-refractivity contribution in [1.82, 2.24) is 0 Å². The number of aliphatic hydroxyl groups is 1. The van der Waals surface area contributed by atoms with Crippen molar-refractivity contribution in [3.63, 3.8) is 0 Å². The first kappa shape index (κ1) is 13.5. The van der Waals surface area contributed by atoms with Crippen LogP contribution in [0, 0.1) is 11.3 Å². The molecule has 1 N–H and O–H groups in total. The van der Waals surface area contributed by atoms with Gasteiger partial charge in [0.05, 0.1) is 6.10 Å². The van der Waals surface area contributed by atoms with Gasteiger partial charge in [0.25, 0.3) is 0 Å². The normalized spacial score (nSPS) is 26.1. The van der Waals surface area contributed by atoms with Gasteiger partial charge in [0.2, 0.25) is 0 Å². The molecule has 0 radical (unpaired) electrons. The van der Waals surface area contributed by atoms with Crippen LogP contribution in [0.5, 0.6) is 0 Å². The van der Waals surface area contributed by atoms with Crippen LogP contribution >= 0.6 is 0 Å². The SMILES string of the molecule is C=C(CCC1C(C)=CCCC1(C)C)C(C)O. The molecule has 2 atom stereocenters. The standard InChI is InChI=1S/C15H26O/c1-11(13(3)16)8-9-14-12(2)7-6-10-15(14,4)5/h7,13-14,16H,1,6,8-10H2,2-5H3. The number of aliphatic hydroxyl groups excluding tert-OH is 1. The number of hydrogen-bond donors (Lipinski definition) is 1. The molecule has 1 heteroatoms. The first-order chi connectivity index (χ1) is 7.34. The van der Waals surface area contributed by atoms with Gasteiger partial charge in [-0.3, -0.25) is 0 Å². The molecule has 1 aliphatic rings. The third-order valence-corrected chi connectivity index (χ3v) is 4.09. The van der Waals surface area contributed by atoms with E-state index in [1.54, 1.807) is 6.92 Å². The third kappa shape index (κ3) is 3.21. The molecule has 0 aromatic carbocycles. The predicted molar refractivity (Wildman–Crippen MR) is 70.3 cm³/mol. The number of rotatable bonds is 4. The van der Waals surface area contributed by atoms with E-state index in [0.717, 1.165) is 18.4 Å². The maximum Gasteiger partial charge on any atom is 0.0719 e. The Morgan fingerprint density at radius 2 is 2.25 bits per heavy atom. The summed E-state index contributed by atoms with van der Waals surface area (Å²) in [6.45, 7) is 12.7. The second-order valence-corrected chi connectivity index (χ2v) is 5.90. The fraction of sp³-hybridized carbons (Fsp3) is 0.733. The minimum atomic E-state index is -0.365. The molecule has 0 bridgehead atoms. The van der Waals surface area contributed by atoms with E-state index in [0.29, 0.717) is 11.3 Å². The molecule has 0 aromatic rings. The molecule has 2 unspecified atom stereocenters. The first-order valence-electron chi connectivity index (χ1n) is 6.37. The second kappa shape index (κ2) is 5.18. The summed E-state index contributed by atoms with van der Waals surface area (Å²) in [6, 6.07) is 0. The van der Waals surface area contributed by atoms with Gasteiger partial charge in [-0.2, -0.15) is 0 Å². The quantitative estimate of drug-likeness (QED) is 0.710. The number of hydrogen-bond acceptors (Lipinski definition) is 1. The van der Waals surface area contributed by atoms with Crippen LogP contribution < -0.4 is 0 Å². The van der Waals surface area contributed by atoms with Crippen LogP contribution in [0.1, 0.15) is 53.4 Å². The lowest BCUT2D eigenvalue weighted by molar-refractivity contribution is 0.193. The molecule has 0 aliphatic heterocycles. The van der Waals surface area contributed by atoms with E-state index in [1.807, 2.05) is 0 Å². The summed E-state index contributed by atoms with van der Waals surface area (Å²) >= 11 is 0. The zero-order valence-corrected chi connectivity index (χ0v) is 11.2. The lowest BCUT2D eigenvalue weighted by atomic mass is 9.67. The highest BCUT2D eigenvalue weighted by Gasteiger charge is 2.32. The van der Waals surface area contributed by atoms with Gasteiger partial charge in [0, 0.05) is 0 Å². The van der Waals surface area contributed by atoms with Crippen molar-refractivity contribution in [3.8, 4) is 0 Å². The second-order valence-electron chi connectivity index (χ2n) is 5.90. The molecule has 1 aliphatic carbocycles. The zero-order chi connectivity index (χ0) is 12.3. The Hall–Kier alpha value is -0.560. The molecular weight excluding hydrogens is 196 g/mol. The van der Waals surface area contributed by atoms with Crippen molar-refractivity contribution in [2.45, 2.75) is 59.5 Å². The molecule has 0 aromatic heterocycles. The Morgan fingerprint density at radius 1 is 1.62 bits per heavy atom. The predicted octanol–water partition coefficient (Wildman–Crippen LogP) is 4.09. The average Bonchev–Trinajstić information content (AvgIpc) is 2.15. The molecule has 0 fully saturated rings. The van der Waals surface area contributed by atoms with E-state index in [4.69, 9.17) is 0 Å². The van der Waals surface area contributed by atoms with E-state index in [-0.39, 0.29) is 6.10 Å². The molecule has 0 amide bonds. The van der Waals surface area contributed by atoms with Gasteiger partial charge in [-0.25, -0.2) is 0 Å². The Labute approximate surface area is 100 Å². The van der Waals surface area contributed by atoms with Crippen LogP contribution in [-0.4, -0.2) is 11.2 Å². The molecular formula is C15H26O. The van der Waals surface area contributed by atoms with E-state index in [9.17, 15) is 5.11 Å². The fourth-order valence-electron chi connectivity index (χ4n) is 2.76. The Kier molecular flexibility index (Phi) is 4.37. The van der Waals surface area contributed by atoms with E-state index in [2.05, 4.69) is 33.4 Å². The summed E-state index contributed by atoms with van der Waals surface area (Å²) in [5.74, 6) is 0.650. The summed E-state index contributed by atoms with van der Waals surface area (Å²) < 4.78 is 0. The van der Waals surface area contributed by atoms with Gasteiger partial charge in [-0.1, -0.05) is 32.1 Å². The molecule has 92 valence electrons. The van der Waals surface area contributed by atoms with Gasteiger partial charge in [0.15, 0.2) is 0 Å². The summed E-state index contributed by atoms with van der Waals surface area (Å²) in [5.41, 5.74) is 2.89. The van der Waals surface area contributed by atoms with Gasteiger partial charge < -0.3 is 5.11 Å². The zero-order valence-electron chi connectivity index (χ0n) is 11.2. The fourth-order valence-corrected chi connectivity index (χ4v) is 2.76. The van der Waals surface area contributed by atoms with Gasteiger partial charge in [-0.15, -0.1) is 0 Å². The Morgan fingerprint density at radius 3 is 2.75 bits per heavy atom. The van der Waals surface area contributed by atoms with Crippen LogP contribution in [0.2, 0.25) is 0 Å². The average molecular weight is 222 g/mol. The summed E-state index contributed by atoms with van der Waals surface area (Å²) in [6.07, 6.45) is 6.57. The van der Waals surface area contributed by atoms with Crippen molar-refractivity contribution in [2.75, 3.05) is 0 Å². The largest absolute Gasteiger partial charge is 0.389 e.